The molecule has 2 fully saturated rings. The van der Waals surface area contributed by atoms with Gasteiger partial charge in [0.15, 0.2) is 11.5 Å². The summed E-state index contributed by atoms with van der Waals surface area (Å²) < 4.78 is 40.1. The molecule has 0 unspecified atom stereocenters. The molecule has 10 heteroatoms. The minimum atomic E-state index is -3.69. The number of sulfonamides is 1. The molecule has 6 rings (SSSR count). The molecule has 0 radical (unpaired) electrons. The number of halogens is 1. The van der Waals surface area contributed by atoms with E-state index in [1.165, 1.54) is 0 Å². The first kappa shape index (κ1) is 22.3. The van der Waals surface area contributed by atoms with E-state index in [2.05, 4.69) is 20.8 Å². The monoisotopic (exact) mass is 547 g/mol. The van der Waals surface area contributed by atoms with E-state index in [9.17, 15) is 13.2 Å². The lowest BCUT2D eigenvalue weighted by Gasteiger charge is -2.34. The van der Waals surface area contributed by atoms with E-state index >= 15 is 0 Å². The van der Waals surface area contributed by atoms with Crippen molar-refractivity contribution in [1.29, 1.82) is 0 Å². The zero-order valence-electron chi connectivity index (χ0n) is 18.7. The van der Waals surface area contributed by atoms with Crippen molar-refractivity contribution in [2.45, 2.75) is 30.7 Å². The number of rotatable bonds is 5. The van der Waals surface area contributed by atoms with Crippen molar-refractivity contribution in [3.63, 3.8) is 0 Å². The Bertz CT molecular complexity index is 1260. The molecule has 1 saturated carbocycles. The number of amides is 1. The van der Waals surface area contributed by atoms with Crippen LogP contribution in [-0.4, -0.2) is 63.0 Å². The van der Waals surface area contributed by atoms with E-state index in [-0.39, 0.29) is 23.5 Å². The number of benzene rings is 2. The van der Waals surface area contributed by atoms with Crippen molar-refractivity contribution < 1.29 is 22.7 Å². The second kappa shape index (κ2) is 8.51. The van der Waals surface area contributed by atoms with Crippen LogP contribution in [0.5, 0.6) is 11.5 Å². The lowest BCUT2D eigenvalue weighted by Crippen LogP contribution is -2.48. The summed E-state index contributed by atoms with van der Waals surface area (Å²) in [5.41, 5.74) is 2.89. The molecule has 0 atom stereocenters. The van der Waals surface area contributed by atoms with E-state index < -0.39 is 10.0 Å². The van der Waals surface area contributed by atoms with Crippen LogP contribution in [0, 0.1) is 5.92 Å². The van der Waals surface area contributed by atoms with Gasteiger partial charge in [-0.05, 0) is 70.6 Å². The molecule has 1 amide bonds. The van der Waals surface area contributed by atoms with Crippen LogP contribution in [0.3, 0.4) is 0 Å². The lowest BCUT2D eigenvalue weighted by molar-refractivity contribution is -0.119. The van der Waals surface area contributed by atoms with Crippen molar-refractivity contribution in [3.05, 3.63) is 45.9 Å². The summed E-state index contributed by atoms with van der Waals surface area (Å²) in [7, 11) is -3.69. The number of anilines is 1. The quantitative estimate of drug-likeness (QED) is 0.572. The Hall–Kier alpha value is -2.14. The number of carbonyl (C=O) groups excluding carboxylic acids is 1. The summed E-state index contributed by atoms with van der Waals surface area (Å²) in [6, 6.07) is 9.50. The van der Waals surface area contributed by atoms with Crippen LogP contribution in [-0.2, 0) is 27.8 Å². The van der Waals surface area contributed by atoms with Gasteiger partial charge in [0, 0.05) is 55.3 Å². The average molecular weight is 548 g/mol. The molecule has 0 aromatic heterocycles. The van der Waals surface area contributed by atoms with Crippen LogP contribution < -0.4 is 14.4 Å². The van der Waals surface area contributed by atoms with Gasteiger partial charge < -0.3 is 14.4 Å². The fourth-order valence-corrected chi connectivity index (χ4v) is 7.42. The summed E-state index contributed by atoms with van der Waals surface area (Å²) in [4.78, 5) is 17.0. The van der Waals surface area contributed by atoms with Crippen LogP contribution in [0.15, 0.2) is 39.7 Å². The highest BCUT2D eigenvalue weighted by molar-refractivity contribution is 9.10. The van der Waals surface area contributed by atoms with Crippen molar-refractivity contribution >= 4 is 37.5 Å². The third-order valence-electron chi connectivity index (χ3n) is 7.01. The minimum Gasteiger partial charge on any atom is -0.454 e. The third-order valence-corrected chi connectivity index (χ3v) is 9.87. The van der Waals surface area contributed by atoms with Crippen molar-refractivity contribution in [1.82, 2.24) is 9.21 Å². The van der Waals surface area contributed by atoms with Crippen molar-refractivity contribution in [2.75, 3.05) is 44.4 Å². The molecular formula is C24H26BrN3O5S. The number of piperazine rings is 1. The Kier molecular flexibility index (Phi) is 5.59. The van der Waals surface area contributed by atoms with Crippen LogP contribution >= 0.6 is 15.9 Å². The van der Waals surface area contributed by atoms with E-state index in [4.69, 9.17) is 9.47 Å². The number of nitrogens with zero attached hydrogens (tertiary/aromatic N) is 3. The van der Waals surface area contributed by atoms with Gasteiger partial charge in [0.2, 0.25) is 22.7 Å². The Labute approximate surface area is 207 Å². The Morgan fingerprint density at radius 2 is 1.76 bits per heavy atom. The summed E-state index contributed by atoms with van der Waals surface area (Å²) in [5.74, 6) is 1.75. The summed E-state index contributed by atoms with van der Waals surface area (Å²) in [6.07, 6.45) is 2.62. The smallest absolute Gasteiger partial charge is 0.244 e. The number of carbonyl (C=O) groups is 1. The molecule has 34 heavy (non-hydrogen) atoms. The molecule has 2 aromatic carbocycles. The molecule has 0 spiro atoms. The van der Waals surface area contributed by atoms with Gasteiger partial charge in [-0.15, -0.1) is 0 Å². The summed E-state index contributed by atoms with van der Waals surface area (Å²) in [5, 5.41) is 0. The van der Waals surface area contributed by atoms with Gasteiger partial charge >= 0.3 is 0 Å². The second-order valence-electron chi connectivity index (χ2n) is 9.29. The maximum atomic E-state index is 13.6. The van der Waals surface area contributed by atoms with Crippen LogP contribution in [0.2, 0.25) is 0 Å². The molecule has 180 valence electrons. The highest BCUT2D eigenvalue weighted by Crippen LogP contribution is 2.40. The normalized spacial score (nSPS) is 20.6. The number of hydrogen-bond donors (Lipinski definition) is 0. The maximum absolute atomic E-state index is 13.6. The Balaban J connectivity index is 1.16. The number of ether oxygens (including phenoxy) is 2. The fraction of sp³-hybridized carbons (Fsp3) is 0.458. The number of fused-ring (bicyclic) bond motifs is 2. The van der Waals surface area contributed by atoms with Gasteiger partial charge in [-0.1, -0.05) is 6.07 Å². The highest BCUT2D eigenvalue weighted by Gasteiger charge is 2.38. The minimum absolute atomic E-state index is 0.104. The van der Waals surface area contributed by atoms with Crippen molar-refractivity contribution in [2.24, 2.45) is 5.92 Å². The Morgan fingerprint density at radius 3 is 2.53 bits per heavy atom. The molecule has 0 bridgehead atoms. The Morgan fingerprint density at radius 1 is 1.00 bits per heavy atom. The van der Waals surface area contributed by atoms with E-state index in [0.29, 0.717) is 37.2 Å². The predicted octanol–water partition coefficient (Wildman–Crippen LogP) is 2.98. The molecule has 1 aliphatic carbocycles. The van der Waals surface area contributed by atoms with Crippen LogP contribution in [0.1, 0.15) is 24.0 Å². The van der Waals surface area contributed by atoms with Crippen LogP contribution in [0.4, 0.5) is 5.69 Å². The van der Waals surface area contributed by atoms with E-state index in [0.717, 1.165) is 54.1 Å². The van der Waals surface area contributed by atoms with Gasteiger partial charge in [0.1, 0.15) is 0 Å². The molecule has 3 heterocycles. The lowest BCUT2D eigenvalue weighted by atomic mass is 10.2. The van der Waals surface area contributed by atoms with Gasteiger partial charge in [-0.3, -0.25) is 9.69 Å². The second-order valence-corrected chi connectivity index (χ2v) is 12.1. The first-order valence-electron chi connectivity index (χ1n) is 11.6. The topological polar surface area (TPSA) is 79.4 Å². The standard InChI is InChI=1S/C24H26BrN3O5S/c25-19-12-18-5-6-28(24(29)17-2-3-17)20(18)13-23(19)34(30,31)27-9-7-26(8-10-27)14-16-1-4-21-22(11-16)33-15-32-21/h1,4,11-13,17H,2-3,5-10,14-15H2. The zero-order chi connectivity index (χ0) is 23.4. The third kappa shape index (κ3) is 4.00. The van der Waals surface area contributed by atoms with Gasteiger partial charge in [-0.2, -0.15) is 4.31 Å². The molecular weight excluding hydrogens is 522 g/mol. The molecule has 8 nitrogen and oxygen atoms in total. The molecule has 3 aliphatic heterocycles. The molecule has 1 saturated heterocycles. The highest BCUT2D eigenvalue weighted by atomic mass is 79.9. The summed E-state index contributed by atoms with van der Waals surface area (Å²) >= 11 is 3.49. The first-order chi connectivity index (χ1) is 16.4. The zero-order valence-corrected chi connectivity index (χ0v) is 21.1. The molecule has 2 aromatic rings. The average Bonchev–Trinajstić information content (AvgIpc) is 3.44. The number of hydrogen-bond acceptors (Lipinski definition) is 6. The van der Waals surface area contributed by atoms with Crippen molar-refractivity contribution in [3.8, 4) is 11.5 Å². The molecule has 4 aliphatic rings. The van der Waals surface area contributed by atoms with Gasteiger partial charge in [0.25, 0.3) is 0 Å². The van der Waals surface area contributed by atoms with E-state index in [1.54, 1.807) is 15.3 Å². The molecule has 0 N–H and O–H groups in total. The largest absolute Gasteiger partial charge is 0.454 e. The fourth-order valence-electron chi connectivity index (χ4n) is 4.93. The van der Waals surface area contributed by atoms with E-state index in [1.807, 2.05) is 24.3 Å². The van der Waals surface area contributed by atoms with Gasteiger partial charge in [0.05, 0.1) is 4.90 Å². The first-order valence-corrected chi connectivity index (χ1v) is 13.9. The van der Waals surface area contributed by atoms with Crippen LogP contribution in [0.25, 0.3) is 0 Å². The van der Waals surface area contributed by atoms with Gasteiger partial charge in [-0.25, -0.2) is 8.42 Å². The predicted molar refractivity (Wildman–Crippen MR) is 130 cm³/mol. The SMILES string of the molecule is O=C(C1CC1)N1CCc2cc(Br)c(S(=O)(=O)N3CCN(Cc4ccc5c(c4)OCO5)CC3)cc21. The maximum Gasteiger partial charge on any atom is 0.244 e. The summed E-state index contributed by atoms with van der Waals surface area (Å²) in [6.45, 7) is 3.72.